The van der Waals surface area contributed by atoms with Gasteiger partial charge in [-0.25, -0.2) is 0 Å². The van der Waals surface area contributed by atoms with Gasteiger partial charge in [0.1, 0.15) is 23.9 Å². The molecular formula is C18H23N3O5. The molecule has 0 radical (unpaired) electrons. The topological polar surface area (TPSA) is 89.0 Å². The van der Waals surface area contributed by atoms with Gasteiger partial charge in [0.15, 0.2) is 5.69 Å². The van der Waals surface area contributed by atoms with E-state index in [0.29, 0.717) is 36.8 Å². The van der Waals surface area contributed by atoms with E-state index in [1.54, 1.807) is 13.0 Å². The number of hydrogen-bond donors (Lipinski definition) is 0. The Morgan fingerprint density at radius 3 is 2.73 bits per heavy atom. The van der Waals surface area contributed by atoms with Crippen molar-refractivity contribution in [2.75, 3.05) is 26.2 Å². The molecular weight excluding hydrogens is 338 g/mol. The summed E-state index contributed by atoms with van der Waals surface area (Å²) in [6, 6.07) is 5.38. The molecule has 2 aromatic rings. The molecule has 26 heavy (non-hydrogen) atoms. The second kappa shape index (κ2) is 8.18. The summed E-state index contributed by atoms with van der Waals surface area (Å²) in [6.07, 6.45) is 0.879. The van der Waals surface area contributed by atoms with Gasteiger partial charge in [0.05, 0.1) is 6.54 Å². The van der Waals surface area contributed by atoms with Crippen LogP contribution in [0.4, 0.5) is 0 Å². The number of amides is 1. The number of aryl methyl sites for hydroxylation is 1. The largest absolute Gasteiger partial charge is 0.461 e. The van der Waals surface area contributed by atoms with E-state index in [1.807, 2.05) is 17.0 Å². The van der Waals surface area contributed by atoms with Crippen molar-refractivity contribution in [1.82, 2.24) is 15.0 Å². The van der Waals surface area contributed by atoms with Crippen molar-refractivity contribution in [3.8, 4) is 0 Å². The zero-order chi connectivity index (χ0) is 18.5. The Balaban J connectivity index is 1.52. The van der Waals surface area contributed by atoms with Gasteiger partial charge < -0.3 is 18.6 Å². The molecule has 1 aliphatic rings. The van der Waals surface area contributed by atoms with Crippen LogP contribution in [0.3, 0.4) is 0 Å². The molecule has 0 bridgehead atoms. The Morgan fingerprint density at radius 2 is 2.00 bits per heavy atom. The quantitative estimate of drug-likeness (QED) is 0.752. The monoisotopic (exact) mass is 361 g/mol. The highest BCUT2D eigenvalue weighted by atomic mass is 16.5. The second-order valence-corrected chi connectivity index (χ2v) is 6.39. The number of rotatable bonds is 5. The SMILES string of the molecule is CC(=O)OCc1ccc(CN2CCCN(C(=O)c3cc(C)on3)CC2)o1. The minimum Gasteiger partial charge on any atom is -0.461 e. The number of carbonyl (C=O) groups is 2. The van der Waals surface area contributed by atoms with Crippen molar-refractivity contribution in [2.24, 2.45) is 0 Å². The highest BCUT2D eigenvalue weighted by Gasteiger charge is 2.23. The van der Waals surface area contributed by atoms with E-state index in [4.69, 9.17) is 13.7 Å². The number of esters is 1. The van der Waals surface area contributed by atoms with Gasteiger partial charge in [0, 0.05) is 39.2 Å². The Kier molecular flexibility index (Phi) is 5.72. The van der Waals surface area contributed by atoms with Crippen LogP contribution in [0.15, 0.2) is 27.1 Å². The summed E-state index contributed by atoms with van der Waals surface area (Å²) < 4.78 is 15.6. The van der Waals surface area contributed by atoms with Gasteiger partial charge in [-0.05, 0) is 25.5 Å². The van der Waals surface area contributed by atoms with Gasteiger partial charge in [-0.3, -0.25) is 14.5 Å². The fraction of sp³-hybridized carbons (Fsp3) is 0.500. The molecule has 0 saturated carbocycles. The fourth-order valence-electron chi connectivity index (χ4n) is 2.94. The summed E-state index contributed by atoms with van der Waals surface area (Å²) in [5.41, 5.74) is 0.358. The lowest BCUT2D eigenvalue weighted by Gasteiger charge is -2.20. The van der Waals surface area contributed by atoms with E-state index < -0.39 is 0 Å². The molecule has 0 aromatic carbocycles. The highest BCUT2D eigenvalue weighted by Crippen LogP contribution is 2.15. The third-order valence-corrected chi connectivity index (χ3v) is 4.24. The number of hydrogen-bond acceptors (Lipinski definition) is 7. The van der Waals surface area contributed by atoms with Crippen molar-refractivity contribution in [3.63, 3.8) is 0 Å². The molecule has 0 atom stereocenters. The first-order valence-corrected chi connectivity index (χ1v) is 8.67. The van der Waals surface area contributed by atoms with Crippen LogP contribution < -0.4 is 0 Å². The fourth-order valence-corrected chi connectivity index (χ4v) is 2.94. The van der Waals surface area contributed by atoms with Gasteiger partial charge in [-0.2, -0.15) is 0 Å². The molecule has 2 aromatic heterocycles. The molecule has 8 heteroatoms. The Morgan fingerprint density at radius 1 is 1.19 bits per heavy atom. The summed E-state index contributed by atoms with van der Waals surface area (Å²) in [4.78, 5) is 27.4. The van der Waals surface area contributed by atoms with Crippen LogP contribution >= 0.6 is 0 Å². The van der Waals surface area contributed by atoms with Gasteiger partial charge in [-0.15, -0.1) is 0 Å². The molecule has 3 heterocycles. The predicted molar refractivity (Wildman–Crippen MR) is 91.2 cm³/mol. The van der Waals surface area contributed by atoms with Gasteiger partial charge in [0.25, 0.3) is 5.91 Å². The number of aromatic nitrogens is 1. The summed E-state index contributed by atoms with van der Waals surface area (Å²) in [5, 5.41) is 3.81. The molecule has 1 saturated heterocycles. The zero-order valence-electron chi connectivity index (χ0n) is 15.1. The average Bonchev–Trinajstić information content (AvgIpc) is 3.17. The molecule has 3 rings (SSSR count). The van der Waals surface area contributed by atoms with Crippen molar-refractivity contribution >= 4 is 11.9 Å². The van der Waals surface area contributed by atoms with Crippen LogP contribution in [0.5, 0.6) is 0 Å². The Hall–Kier alpha value is -2.61. The summed E-state index contributed by atoms with van der Waals surface area (Å²) >= 11 is 0. The molecule has 140 valence electrons. The summed E-state index contributed by atoms with van der Waals surface area (Å²) in [5.74, 6) is 1.65. The maximum Gasteiger partial charge on any atom is 0.303 e. The smallest absolute Gasteiger partial charge is 0.303 e. The first-order valence-electron chi connectivity index (χ1n) is 8.67. The summed E-state index contributed by atoms with van der Waals surface area (Å²) in [6.45, 7) is 6.90. The van der Waals surface area contributed by atoms with Gasteiger partial charge in [-0.1, -0.05) is 5.16 Å². The van der Waals surface area contributed by atoms with Crippen LogP contribution in [-0.2, 0) is 22.7 Å². The second-order valence-electron chi connectivity index (χ2n) is 6.39. The molecule has 0 aliphatic carbocycles. The number of carbonyl (C=O) groups excluding carboxylic acids is 2. The molecule has 1 aliphatic heterocycles. The predicted octanol–water partition coefficient (Wildman–Crippen LogP) is 1.99. The van der Waals surface area contributed by atoms with Crippen molar-refractivity contribution in [2.45, 2.75) is 33.4 Å². The highest BCUT2D eigenvalue weighted by molar-refractivity contribution is 5.92. The lowest BCUT2D eigenvalue weighted by atomic mass is 10.3. The molecule has 0 N–H and O–H groups in total. The Labute approximate surface area is 151 Å². The van der Waals surface area contributed by atoms with E-state index in [2.05, 4.69) is 10.1 Å². The molecule has 0 unspecified atom stereocenters. The standard InChI is InChI=1S/C18H23N3O5/c1-13-10-17(19-26-13)18(23)21-7-3-6-20(8-9-21)11-15-4-5-16(25-15)12-24-14(2)22/h4-5,10H,3,6-9,11-12H2,1-2H3. The normalized spacial score (nSPS) is 15.7. The maximum atomic E-state index is 12.5. The van der Waals surface area contributed by atoms with Crippen molar-refractivity contribution in [1.29, 1.82) is 0 Å². The minimum absolute atomic E-state index is 0.0923. The van der Waals surface area contributed by atoms with Crippen molar-refractivity contribution < 1.29 is 23.3 Å². The van der Waals surface area contributed by atoms with E-state index >= 15 is 0 Å². The lowest BCUT2D eigenvalue weighted by molar-refractivity contribution is -0.142. The van der Waals surface area contributed by atoms with Crippen molar-refractivity contribution in [3.05, 3.63) is 41.2 Å². The van der Waals surface area contributed by atoms with Crippen LogP contribution in [0.25, 0.3) is 0 Å². The van der Waals surface area contributed by atoms with E-state index in [9.17, 15) is 9.59 Å². The zero-order valence-corrected chi connectivity index (χ0v) is 15.1. The van der Waals surface area contributed by atoms with Crippen LogP contribution in [0, 0.1) is 6.92 Å². The van der Waals surface area contributed by atoms with Crippen LogP contribution in [0.1, 0.15) is 41.1 Å². The van der Waals surface area contributed by atoms with Gasteiger partial charge in [0.2, 0.25) is 0 Å². The third kappa shape index (κ3) is 4.72. The molecule has 8 nitrogen and oxygen atoms in total. The average molecular weight is 361 g/mol. The summed E-state index contributed by atoms with van der Waals surface area (Å²) in [7, 11) is 0. The molecule has 1 fully saturated rings. The third-order valence-electron chi connectivity index (χ3n) is 4.24. The maximum absolute atomic E-state index is 12.5. The molecule has 1 amide bonds. The van der Waals surface area contributed by atoms with Crippen LogP contribution in [-0.4, -0.2) is 53.0 Å². The lowest BCUT2D eigenvalue weighted by Crippen LogP contribution is -2.35. The Bertz CT molecular complexity index is 766. The first kappa shape index (κ1) is 18.2. The number of furan rings is 1. The molecule has 0 spiro atoms. The minimum atomic E-state index is -0.331. The van der Waals surface area contributed by atoms with Crippen LogP contribution in [0.2, 0.25) is 0 Å². The number of nitrogens with zero attached hydrogens (tertiary/aromatic N) is 3. The van der Waals surface area contributed by atoms with E-state index in [1.165, 1.54) is 6.92 Å². The first-order chi connectivity index (χ1) is 12.5. The van der Waals surface area contributed by atoms with E-state index in [-0.39, 0.29) is 18.5 Å². The van der Waals surface area contributed by atoms with E-state index in [0.717, 1.165) is 25.3 Å². The van der Waals surface area contributed by atoms with Gasteiger partial charge >= 0.3 is 5.97 Å². The number of ether oxygens (including phenoxy) is 1.